The number of likely N-dealkylation sites (N-methyl/N-ethyl adjacent to an activating group) is 1. The van der Waals surface area contributed by atoms with E-state index in [1.165, 1.54) is 5.56 Å². The molecule has 1 aromatic rings. The molecule has 1 atom stereocenters. The van der Waals surface area contributed by atoms with Crippen LogP contribution < -0.4 is 5.32 Å². The van der Waals surface area contributed by atoms with Crippen molar-refractivity contribution in [1.82, 2.24) is 5.32 Å². The molecule has 0 aliphatic heterocycles. The van der Waals surface area contributed by atoms with Crippen molar-refractivity contribution in [3.8, 4) is 0 Å². The number of carbonyl (C=O) groups excluding carboxylic acids is 1. The summed E-state index contributed by atoms with van der Waals surface area (Å²) in [6.07, 6.45) is 0.771. The Morgan fingerprint density at radius 3 is 2.46 bits per heavy atom. The van der Waals surface area contributed by atoms with Crippen molar-refractivity contribution in [3.05, 3.63) is 35.9 Å². The number of benzene rings is 1. The van der Waals surface area contributed by atoms with Gasteiger partial charge in [0.2, 0.25) is 0 Å². The van der Waals surface area contributed by atoms with E-state index in [4.69, 9.17) is 0 Å². The van der Waals surface area contributed by atoms with E-state index >= 15 is 0 Å². The molecular weight excluding hydrogens is 162 g/mol. The molecule has 0 saturated heterocycles. The maximum Gasteiger partial charge on any atom is 0.147 e. The van der Waals surface area contributed by atoms with Crippen LogP contribution in [0.4, 0.5) is 0 Å². The number of rotatable bonds is 4. The highest BCUT2D eigenvalue weighted by Crippen LogP contribution is 2.03. The first-order chi connectivity index (χ1) is 6.24. The molecule has 0 heterocycles. The van der Waals surface area contributed by atoms with E-state index in [2.05, 4.69) is 5.32 Å². The van der Waals surface area contributed by atoms with Crippen LogP contribution in [0.3, 0.4) is 0 Å². The number of nitrogens with one attached hydrogen (secondary N) is 1. The normalized spacial score (nSPS) is 12.5. The lowest BCUT2D eigenvalue weighted by Crippen LogP contribution is -2.34. The first-order valence-electron chi connectivity index (χ1n) is 4.45. The summed E-state index contributed by atoms with van der Waals surface area (Å²) in [6.45, 7) is 1.62. The summed E-state index contributed by atoms with van der Waals surface area (Å²) in [5.74, 6) is 0.186. The van der Waals surface area contributed by atoms with Crippen LogP contribution in [-0.4, -0.2) is 18.9 Å². The molecule has 0 aliphatic carbocycles. The Bertz CT molecular complexity index is 269. The summed E-state index contributed by atoms with van der Waals surface area (Å²) >= 11 is 0. The molecule has 0 saturated carbocycles. The van der Waals surface area contributed by atoms with Gasteiger partial charge in [-0.2, -0.15) is 0 Å². The lowest BCUT2D eigenvalue weighted by Gasteiger charge is -2.11. The molecule has 70 valence electrons. The van der Waals surface area contributed by atoms with Crippen molar-refractivity contribution < 1.29 is 4.79 Å². The first kappa shape index (κ1) is 9.93. The van der Waals surface area contributed by atoms with Gasteiger partial charge in [0.05, 0.1) is 6.04 Å². The summed E-state index contributed by atoms with van der Waals surface area (Å²) < 4.78 is 0. The Kier molecular flexibility index (Phi) is 3.65. The van der Waals surface area contributed by atoms with E-state index in [0.717, 1.165) is 6.42 Å². The maximum absolute atomic E-state index is 11.1. The van der Waals surface area contributed by atoms with Crippen LogP contribution >= 0.6 is 0 Å². The second kappa shape index (κ2) is 4.77. The van der Waals surface area contributed by atoms with E-state index in [0.29, 0.717) is 0 Å². The summed E-state index contributed by atoms with van der Waals surface area (Å²) in [4.78, 5) is 11.1. The van der Waals surface area contributed by atoms with Gasteiger partial charge < -0.3 is 5.32 Å². The molecular formula is C11H15NO. The first-order valence-corrected chi connectivity index (χ1v) is 4.45. The fourth-order valence-electron chi connectivity index (χ4n) is 1.30. The van der Waals surface area contributed by atoms with Crippen LogP contribution in [0.25, 0.3) is 0 Å². The standard InChI is InChI=1S/C11H15NO/c1-9(13)11(12-2)8-10-6-4-3-5-7-10/h3-7,11-12H,8H2,1-2H3. The molecule has 0 aromatic heterocycles. The zero-order chi connectivity index (χ0) is 9.68. The summed E-state index contributed by atoms with van der Waals surface area (Å²) in [7, 11) is 1.81. The molecule has 0 spiro atoms. The third-order valence-electron chi connectivity index (χ3n) is 2.12. The van der Waals surface area contributed by atoms with Crippen LogP contribution in [0.1, 0.15) is 12.5 Å². The van der Waals surface area contributed by atoms with Crippen molar-refractivity contribution in [1.29, 1.82) is 0 Å². The fourth-order valence-corrected chi connectivity index (χ4v) is 1.30. The van der Waals surface area contributed by atoms with Crippen LogP contribution in [0.15, 0.2) is 30.3 Å². The average Bonchev–Trinajstić information content (AvgIpc) is 2.15. The molecule has 13 heavy (non-hydrogen) atoms. The predicted octanol–water partition coefficient (Wildman–Crippen LogP) is 1.41. The smallest absolute Gasteiger partial charge is 0.147 e. The zero-order valence-electron chi connectivity index (χ0n) is 8.08. The quantitative estimate of drug-likeness (QED) is 0.753. The molecule has 0 radical (unpaired) electrons. The SMILES string of the molecule is CNC(Cc1ccccc1)C(C)=O. The largest absolute Gasteiger partial charge is 0.310 e. The third-order valence-corrected chi connectivity index (χ3v) is 2.12. The minimum Gasteiger partial charge on any atom is -0.310 e. The Morgan fingerprint density at radius 2 is 2.00 bits per heavy atom. The summed E-state index contributed by atoms with van der Waals surface area (Å²) in [6, 6.07) is 9.97. The van der Waals surface area contributed by atoms with Gasteiger partial charge >= 0.3 is 0 Å². The van der Waals surface area contributed by atoms with Crippen LogP contribution in [0, 0.1) is 0 Å². The van der Waals surface area contributed by atoms with E-state index in [1.54, 1.807) is 6.92 Å². The topological polar surface area (TPSA) is 29.1 Å². The van der Waals surface area contributed by atoms with Crippen LogP contribution in [0.2, 0.25) is 0 Å². The Hall–Kier alpha value is -1.15. The molecule has 1 unspecified atom stereocenters. The molecule has 2 heteroatoms. The summed E-state index contributed by atoms with van der Waals surface area (Å²) in [5.41, 5.74) is 1.19. The number of ketones is 1. The molecule has 2 nitrogen and oxygen atoms in total. The second-order valence-corrected chi connectivity index (χ2v) is 3.14. The van der Waals surface area contributed by atoms with Gasteiger partial charge in [0.1, 0.15) is 5.78 Å². The van der Waals surface area contributed by atoms with Gasteiger partial charge in [-0.3, -0.25) is 4.79 Å². The fraction of sp³-hybridized carbons (Fsp3) is 0.364. The van der Waals surface area contributed by atoms with E-state index in [1.807, 2.05) is 37.4 Å². The second-order valence-electron chi connectivity index (χ2n) is 3.14. The molecule has 0 aliphatic rings. The number of carbonyl (C=O) groups is 1. The van der Waals surface area contributed by atoms with Crippen molar-refractivity contribution in [3.63, 3.8) is 0 Å². The van der Waals surface area contributed by atoms with Crippen molar-refractivity contribution in [2.75, 3.05) is 7.05 Å². The number of Topliss-reactive ketones (excluding diaryl/α,β-unsaturated/α-hetero) is 1. The van der Waals surface area contributed by atoms with Crippen LogP contribution in [0.5, 0.6) is 0 Å². The third kappa shape index (κ3) is 2.99. The number of hydrogen-bond donors (Lipinski definition) is 1. The molecule has 0 fully saturated rings. The van der Waals surface area contributed by atoms with E-state index in [-0.39, 0.29) is 11.8 Å². The Morgan fingerprint density at radius 1 is 1.38 bits per heavy atom. The minimum atomic E-state index is -0.0533. The molecule has 1 N–H and O–H groups in total. The Balaban J connectivity index is 2.62. The van der Waals surface area contributed by atoms with Crippen molar-refractivity contribution in [2.24, 2.45) is 0 Å². The molecule has 1 rings (SSSR count). The van der Waals surface area contributed by atoms with E-state index < -0.39 is 0 Å². The average molecular weight is 177 g/mol. The van der Waals surface area contributed by atoms with Gasteiger partial charge in [-0.1, -0.05) is 30.3 Å². The summed E-state index contributed by atoms with van der Waals surface area (Å²) in [5, 5.41) is 3.00. The van der Waals surface area contributed by atoms with Gasteiger partial charge in [0.25, 0.3) is 0 Å². The molecule has 1 aromatic carbocycles. The predicted molar refractivity (Wildman–Crippen MR) is 53.7 cm³/mol. The number of hydrogen-bond acceptors (Lipinski definition) is 2. The van der Waals surface area contributed by atoms with Gasteiger partial charge in [-0.05, 0) is 26.0 Å². The van der Waals surface area contributed by atoms with Gasteiger partial charge in [-0.15, -0.1) is 0 Å². The van der Waals surface area contributed by atoms with Crippen LogP contribution in [-0.2, 0) is 11.2 Å². The zero-order valence-corrected chi connectivity index (χ0v) is 8.08. The van der Waals surface area contributed by atoms with Crippen molar-refractivity contribution >= 4 is 5.78 Å². The molecule has 0 amide bonds. The van der Waals surface area contributed by atoms with Gasteiger partial charge in [-0.25, -0.2) is 0 Å². The highest BCUT2D eigenvalue weighted by Gasteiger charge is 2.11. The van der Waals surface area contributed by atoms with E-state index in [9.17, 15) is 4.79 Å². The lowest BCUT2D eigenvalue weighted by molar-refractivity contribution is -0.118. The minimum absolute atomic E-state index is 0.0533. The monoisotopic (exact) mass is 177 g/mol. The van der Waals surface area contributed by atoms with Crippen molar-refractivity contribution in [2.45, 2.75) is 19.4 Å². The highest BCUT2D eigenvalue weighted by molar-refractivity contribution is 5.81. The maximum atomic E-state index is 11.1. The van der Waals surface area contributed by atoms with Gasteiger partial charge in [0.15, 0.2) is 0 Å². The van der Waals surface area contributed by atoms with Gasteiger partial charge in [0, 0.05) is 0 Å². The lowest BCUT2D eigenvalue weighted by atomic mass is 10.0. The Labute approximate surface area is 79.0 Å². The molecule has 0 bridgehead atoms. The highest BCUT2D eigenvalue weighted by atomic mass is 16.1.